The zero-order valence-corrected chi connectivity index (χ0v) is 11.4. The maximum Gasteiger partial charge on any atom is 0.0164 e. The van der Waals surface area contributed by atoms with Crippen LogP contribution in [0.2, 0.25) is 0 Å². The highest BCUT2D eigenvalue weighted by molar-refractivity contribution is 5.61. The zero-order chi connectivity index (χ0) is 13.4. The molecule has 0 aliphatic heterocycles. The molecule has 1 heteroatoms. The van der Waals surface area contributed by atoms with Gasteiger partial charge in [-0.05, 0) is 24.5 Å². The van der Waals surface area contributed by atoms with Crippen molar-refractivity contribution in [2.75, 3.05) is 19.6 Å². The summed E-state index contributed by atoms with van der Waals surface area (Å²) in [7, 11) is 0. The maximum absolute atomic E-state index is 3.95. The molecule has 0 aliphatic carbocycles. The number of allylic oxidation sites excluding steroid dienone is 1. The molecule has 96 valence electrons. The van der Waals surface area contributed by atoms with E-state index in [4.69, 9.17) is 0 Å². The molecule has 0 saturated carbocycles. The first-order valence-corrected chi connectivity index (χ1v) is 6.36. The van der Waals surface area contributed by atoms with Gasteiger partial charge in [-0.25, -0.2) is 0 Å². The summed E-state index contributed by atoms with van der Waals surface area (Å²) in [6.45, 7) is 16.4. The van der Waals surface area contributed by atoms with Crippen molar-refractivity contribution in [1.82, 2.24) is 4.90 Å². The normalized spacial score (nSPS) is 10.3. The van der Waals surface area contributed by atoms with Gasteiger partial charge in [0.2, 0.25) is 0 Å². The van der Waals surface area contributed by atoms with Gasteiger partial charge in [0.05, 0.1) is 0 Å². The van der Waals surface area contributed by atoms with E-state index in [1.165, 1.54) is 11.1 Å². The Kier molecular flexibility index (Phi) is 6.16. The van der Waals surface area contributed by atoms with Gasteiger partial charge >= 0.3 is 0 Å². The monoisotopic (exact) mass is 241 g/mol. The van der Waals surface area contributed by atoms with Crippen LogP contribution >= 0.6 is 0 Å². The third-order valence-electron chi connectivity index (χ3n) is 2.94. The average molecular weight is 241 g/mol. The van der Waals surface area contributed by atoms with E-state index >= 15 is 0 Å². The Morgan fingerprint density at radius 1 is 1.11 bits per heavy atom. The summed E-state index contributed by atoms with van der Waals surface area (Å²) in [5.41, 5.74) is 3.69. The van der Waals surface area contributed by atoms with Gasteiger partial charge in [-0.1, -0.05) is 48.6 Å². The highest BCUT2D eigenvalue weighted by atomic mass is 15.1. The van der Waals surface area contributed by atoms with Crippen LogP contribution in [0.15, 0.2) is 56.2 Å². The third kappa shape index (κ3) is 4.72. The molecule has 0 spiro atoms. The zero-order valence-electron chi connectivity index (χ0n) is 11.4. The van der Waals surface area contributed by atoms with Crippen LogP contribution in [0.1, 0.15) is 18.1 Å². The van der Waals surface area contributed by atoms with Crippen molar-refractivity contribution >= 4 is 5.57 Å². The van der Waals surface area contributed by atoms with Gasteiger partial charge < -0.3 is 0 Å². The highest BCUT2D eigenvalue weighted by Crippen LogP contribution is 2.12. The molecule has 0 atom stereocenters. The molecule has 0 saturated heterocycles. The van der Waals surface area contributed by atoms with E-state index in [1.807, 2.05) is 19.1 Å². The SMILES string of the molecule is C=CCN(CC=C)CCc1ccc(C(=C)C)cc1. The molecule has 0 N–H and O–H groups in total. The molecule has 0 heterocycles. The van der Waals surface area contributed by atoms with E-state index in [2.05, 4.69) is 48.9 Å². The predicted molar refractivity (Wildman–Crippen MR) is 81.7 cm³/mol. The molecular formula is C17H23N. The molecular weight excluding hydrogens is 218 g/mol. The van der Waals surface area contributed by atoms with E-state index < -0.39 is 0 Å². The second-order valence-corrected chi connectivity index (χ2v) is 4.56. The summed E-state index contributed by atoms with van der Waals surface area (Å²) >= 11 is 0. The predicted octanol–water partition coefficient (Wildman–Crippen LogP) is 3.94. The van der Waals surface area contributed by atoms with Gasteiger partial charge in [0, 0.05) is 19.6 Å². The topological polar surface area (TPSA) is 3.24 Å². The number of hydrogen-bond donors (Lipinski definition) is 0. The molecule has 0 bridgehead atoms. The smallest absolute Gasteiger partial charge is 0.0164 e. The summed E-state index contributed by atoms with van der Waals surface area (Å²) in [5.74, 6) is 0. The lowest BCUT2D eigenvalue weighted by molar-refractivity contribution is 0.340. The second-order valence-electron chi connectivity index (χ2n) is 4.56. The Hall–Kier alpha value is -1.60. The summed E-state index contributed by atoms with van der Waals surface area (Å²) in [4.78, 5) is 2.33. The Morgan fingerprint density at radius 3 is 2.11 bits per heavy atom. The molecule has 1 nitrogen and oxygen atoms in total. The van der Waals surface area contributed by atoms with E-state index in [9.17, 15) is 0 Å². The largest absolute Gasteiger partial charge is 0.296 e. The number of rotatable bonds is 8. The molecule has 0 radical (unpaired) electrons. The third-order valence-corrected chi connectivity index (χ3v) is 2.94. The van der Waals surface area contributed by atoms with Gasteiger partial charge in [0.1, 0.15) is 0 Å². The van der Waals surface area contributed by atoms with Gasteiger partial charge in [0.15, 0.2) is 0 Å². The molecule has 1 aromatic rings. The van der Waals surface area contributed by atoms with Crippen molar-refractivity contribution < 1.29 is 0 Å². The van der Waals surface area contributed by atoms with E-state index in [1.54, 1.807) is 0 Å². The molecule has 1 rings (SSSR count). The fraction of sp³-hybridized carbons (Fsp3) is 0.294. The van der Waals surface area contributed by atoms with Crippen LogP contribution in [0.4, 0.5) is 0 Å². The van der Waals surface area contributed by atoms with Crippen LogP contribution in [0, 0.1) is 0 Å². The lowest BCUT2D eigenvalue weighted by Gasteiger charge is -2.18. The minimum Gasteiger partial charge on any atom is -0.296 e. The van der Waals surface area contributed by atoms with Gasteiger partial charge in [0.25, 0.3) is 0 Å². The van der Waals surface area contributed by atoms with Crippen molar-refractivity contribution in [3.8, 4) is 0 Å². The van der Waals surface area contributed by atoms with Gasteiger partial charge in [-0.3, -0.25) is 4.90 Å². The lowest BCUT2D eigenvalue weighted by Crippen LogP contribution is -2.26. The highest BCUT2D eigenvalue weighted by Gasteiger charge is 2.01. The summed E-state index contributed by atoms with van der Waals surface area (Å²) in [5, 5.41) is 0. The molecule has 0 aromatic heterocycles. The molecule has 0 aliphatic rings. The fourth-order valence-corrected chi connectivity index (χ4v) is 1.87. The Labute approximate surface area is 111 Å². The first kappa shape index (κ1) is 14.5. The van der Waals surface area contributed by atoms with E-state index in [0.717, 1.165) is 31.6 Å². The molecule has 0 fully saturated rings. The first-order chi connectivity index (χ1) is 8.67. The van der Waals surface area contributed by atoms with Crippen molar-refractivity contribution in [3.63, 3.8) is 0 Å². The number of benzene rings is 1. The minimum atomic E-state index is 0.913. The van der Waals surface area contributed by atoms with Crippen LogP contribution < -0.4 is 0 Å². The Morgan fingerprint density at radius 2 is 1.67 bits per heavy atom. The quantitative estimate of drug-likeness (QED) is 0.623. The number of nitrogens with zero attached hydrogens (tertiary/aromatic N) is 1. The summed E-state index contributed by atoms with van der Waals surface area (Å²) < 4.78 is 0. The first-order valence-electron chi connectivity index (χ1n) is 6.36. The summed E-state index contributed by atoms with van der Waals surface area (Å²) in [6.07, 6.45) is 4.93. The standard InChI is InChI=1S/C17H23N/c1-5-12-18(13-6-2)14-11-16-7-9-17(10-8-16)15(3)4/h5-10H,1-3,11-14H2,4H3. The maximum atomic E-state index is 3.95. The van der Waals surface area contributed by atoms with Gasteiger partial charge in [-0.15, -0.1) is 13.2 Å². The van der Waals surface area contributed by atoms with Crippen molar-refractivity contribution in [1.29, 1.82) is 0 Å². The lowest BCUT2D eigenvalue weighted by atomic mass is 10.1. The molecule has 0 unspecified atom stereocenters. The molecule has 18 heavy (non-hydrogen) atoms. The second kappa shape index (κ2) is 7.67. The summed E-state index contributed by atoms with van der Waals surface area (Å²) in [6, 6.07) is 8.65. The van der Waals surface area contributed by atoms with Crippen LogP contribution in [0.5, 0.6) is 0 Å². The fourth-order valence-electron chi connectivity index (χ4n) is 1.87. The van der Waals surface area contributed by atoms with Gasteiger partial charge in [-0.2, -0.15) is 0 Å². The van der Waals surface area contributed by atoms with Crippen molar-refractivity contribution in [2.45, 2.75) is 13.3 Å². The van der Waals surface area contributed by atoms with Crippen LogP contribution in [-0.4, -0.2) is 24.5 Å². The minimum absolute atomic E-state index is 0.913. The average Bonchev–Trinajstić information content (AvgIpc) is 2.37. The van der Waals surface area contributed by atoms with E-state index in [-0.39, 0.29) is 0 Å². The molecule has 1 aromatic carbocycles. The van der Waals surface area contributed by atoms with E-state index in [0.29, 0.717) is 0 Å². The van der Waals surface area contributed by atoms with Crippen molar-refractivity contribution in [3.05, 3.63) is 67.3 Å². The Bertz CT molecular complexity index is 390. The number of hydrogen-bond acceptors (Lipinski definition) is 1. The van der Waals surface area contributed by atoms with Crippen LogP contribution in [0.25, 0.3) is 5.57 Å². The van der Waals surface area contributed by atoms with Crippen LogP contribution in [0.3, 0.4) is 0 Å². The van der Waals surface area contributed by atoms with Crippen LogP contribution in [-0.2, 0) is 6.42 Å². The molecule has 0 amide bonds. The van der Waals surface area contributed by atoms with Crippen molar-refractivity contribution in [2.24, 2.45) is 0 Å². The Balaban J connectivity index is 2.53.